The summed E-state index contributed by atoms with van der Waals surface area (Å²) in [5.41, 5.74) is 11.5. The van der Waals surface area contributed by atoms with E-state index in [0.29, 0.717) is 0 Å². The number of fused-ring (bicyclic) bond motifs is 6. The van der Waals surface area contributed by atoms with E-state index < -0.39 is 5.41 Å². The highest BCUT2D eigenvalue weighted by Crippen LogP contribution is 2.57. The summed E-state index contributed by atoms with van der Waals surface area (Å²) in [7, 11) is 0. The lowest BCUT2D eigenvalue weighted by molar-refractivity contribution is 0.769. The molecule has 0 N–H and O–H groups in total. The topological polar surface area (TPSA) is 30.7 Å². The molecule has 1 aliphatic carbocycles. The maximum atomic E-state index is 4.88. The van der Waals surface area contributed by atoms with Crippen molar-refractivity contribution in [1.82, 2.24) is 14.5 Å². The zero-order valence-corrected chi connectivity index (χ0v) is 20.6. The molecule has 0 atom stereocenters. The number of benzene rings is 4. The molecule has 3 heterocycles. The number of rotatable bonds is 3. The van der Waals surface area contributed by atoms with Crippen LogP contribution in [0, 0.1) is 0 Å². The zero-order chi connectivity index (χ0) is 25.1. The Morgan fingerprint density at radius 2 is 1.26 bits per heavy atom. The molecule has 1 aliphatic rings. The number of aromatic nitrogens is 3. The molecule has 0 spiro atoms. The first-order valence-electron chi connectivity index (χ1n) is 12.9. The molecule has 7 aromatic rings. The van der Waals surface area contributed by atoms with Crippen LogP contribution in [0.25, 0.3) is 38.8 Å². The average molecular weight is 486 g/mol. The number of nitrogens with zero attached hydrogens (tertiary/aromatic N) is 3. The van der Waals surface area contributed by atoms with Gasteiger partial charge in [0, 0.05) is 17.8 Å². The molecule has 0 saturated carbocycles. The van der Waals surface area contributed by atoms with Gasteiger partial charge in [-0.2, -0.15) is 0 Å². The largest absolute Gasteiger partial charge is 0.306 e. The maximum absolute atomic E-state index is 4.88. The number of hydrogen-bond donors (Lipinski definition) is 0. The SMILES string of the molecule is c1ccc(C2(c3ccccc3)c3ccccc3-c3cc4c(cc32)c2ncccc2n4-c2cccnc2)cc1. The van der Waals surface area contributed by atoms with Crippen molar-refractivity contribution in [1.29, 1.82) is 0 Å². The van der Waals surface area contributed by atoms with Gasteiger partial charge in [-0.25, -0.2) is 0 Å². The fourth-order valence-corrected chi connectivity index (χ4v) is 6.53. The third-order valence-corrected chi connectivity index (χ3v) is 8.00. The minimum absolute atomic E-state index is 0.430. The van der Waals surface area contributed by atoms with Gasteiger partial charge in [0.05, 0.1) is 33.8 Å². The fraction of sp³-hybridized carbons (Fsp3) is 0.0286. The van der Waals surface area contributed by atoms with Crippen LogP contribution in [0.1, 0.15) is 22.3 Å². The summed E-state index contributed by atoms with van der Waals surface area (Å²) in [6, 6.07) is 43.7. The molecule has 0 fully saturated rings. The van der Waals surface area contributed by atoms with E-state index in [-0.39, 0.29) is 0 Å². The van der Waals surface area contributed by atoms with Gasteiger partial charge >= 0.3 is 0 Å². The minimum Gasteiger partial charge on any atom is -0.306 e. The molecule has 8 rings (SSSR count). The highest BCUT2D eigenvalue weighted by atomic mass is 15.0. The standard InChI is InChI=1S/C35H23N3/c1-3-11-24(12-4-1)35(25-13-5-2-6-14-25)30-17-8-7-16-27(30)28-22-33-29(21-31(28)35)34-32(18-10-20-37-34)38(33)26-15-9-19-36-23-26/h1-23H. The molecule has 0 unspecified atom stereocenters. The van der Waals surface area contributed by atoms with E-state index in [1.165, 1.54) is 33.4 Å². The summed E-state index contributed by atoms with van der Waals surface area (Å²) < 4.78 is 2.29. The quantitative estimate of drug-likeness (QED) is 0.254. The number of hydrogen-bond acceptors (Lipinski definition) is 2. The van der Waals surface area contributed by atoms with Crippen molar-refractivity contribution in [3.8, 4) is 16.8 Å². The van der Waals surface area contributed by atoms with Crippen LogP contribution in [-0.2, 0) is 5.41 Å². The van der Waals surface area contributed by atoms with E-state index in [9.17, 15) is 0 Å². The molecule has 38 heavy (non-hydrogen) atoms. The van der Waals surface area contributed by atoms with Gasteiger partial charge in [-0.3, -0.25) is 9.97 Å². The Labute approximate surface area is 220 Å². The predicted octanol–water partition coefficient (Wildman–Crippen LogP) is 7.94. The summed E-state index contributed by atoms with van der Waals surface area (Å²) in [6.45, 7) is 0. The summed E-state index contributed by atoms with van der Waals surface area (Å²) >= 11 is 0. The predicted molar refractivity (Wildman–Crippen MR) is 154 cm³/mol. The van der Waals surface area contributed by atoms with E-state index in [0.717, 1.165) is 27.6 Å². The lowest BCUT2D eigenvalue weighted by atomic mass is 9.67. The first-order valence-corrected chi connectivity index (χ1v) is 12.9. The molecule has 3 nitrogen and oxygen atoms in total. The van der Waals surface area contributed by atoms with Crippen molar-refractivity contribution in [3.05, 3.63) is 162 Å². The van der Waals surface area contributed by atoms with Crippen LogP contribution in [0.3, 0.4) is 0 Å². The second kappa shape index (κ2) is 7.99. The van der Waals surface area contributed by atoms with Crippen molar-refractivity contribution in [2.45, 2.75) is 5.41 Å². The molecule has 0 saturated heterocycles. The molecule has 0 radical (unpaired) electrons. The maximum Gasteiger partial charge on any atom is 0.0963 e. The first kappa shape index (κ1) is 21.1. The highest BCUT2D eigenvalue weighted by molar-refractivity contribution is 6.10. The Hall–Kier alpha value is -5.02. The first-order chi connectivity index (χ1) is 18.9. The minimum atomic E-state index is -0.430. The van der Waals surface area contributed by atoms with Crippen molar-refractivity contribution in [3.63, 3.8) is 0 Å². The molecular formula is C35H23N3. The van der Waals surface area contributed by atoms with Crippen LogP contribution in [-0.4, -0.2) is 14.5 Å². The van der Waals surface area contributed by atoms with Crippen molar-refractivity contribution >= 4 is 21.9 Å². The smallest absolute Gasteiger partial charge is 0.0963 e. The van der Waals surface area contributed by atoms with Gasteiger partial charge in [0.25, 0.3) is 0 Å². The molecule has 3 aromatic heterocycles. The normalized spacial score (nSPS) is 13.5. The second-order valence-electron chi connectivity index (χ2n) is 9.86. The number of pyridine rings is 2. The lowest BCUT2D eigenvalue weighted by Gasteiger charge is -2.33. The Morgan fingerprint density at radius 3 is 2.00 bits per heavy atom. The molecule has 3 heteroatoms. The molecule has 178 valence electrons. The summed E-state index contributed by atoms with van der Waals surface area (Å²) in [6.07, 6.45) is 5.63. The summed E-state index contributed by atoms with van der Waals surface area (Å²) in [4.78, 5) is 9.31. The van der Waals surface area contributed by atoms with Crippen molar-refractivity contribution < 1.29 is 0 Å². The lowest BCUT2D eigenvalue weighted by Crippen LogP contribution is -2.28. The van der Waals surface area contributed by atoms with E-state index in [2.05, 4.69) is 119 Å². The van der Waals surface area contributed by atoms with Crippen LogP contribution in [0.15, 0.2) is 140 Å². The van der Waals surface area contributed by atoms with Crippen LogP contribution < -0.4 is 0 Å². The molecule has 4 aromatic carbocycles. The monoisotopic (exact) mass is 485 g/mol. The second-order valence-corrected chi connectivity index (χ2v) is 9.86. The van der Waals surface area contributed by atoms with Crippen LogP contribution in [0.4, 0.5) is 0 Å². The Morgan fingerprint density at radius 1 is 0.553 bits per heavy atom. The Balaban J connectivity index is 1.57. The molecule has 0 bridgehead atoms. The van der Waals surface area contributed by atoms with Gasteiger partial charge in [0.15, 0.2) is 0 Å². The fourth-order valence-electron chi connectivity index (χ4n) is 6.53. The van der Waals surface area contributed by atoms with Gasteiger partial charge in [-0.1, -0.05) is 84.9 Å². The molecule has 0 aliphatic heterocycles. The molecule has 0 amide bonds. The van der Waals surface area contributed by atoms with E-state index in [4.69, 9.17) is 4.98 Å². The Kier molecular flexibility index (Phi) is 4.44. The van der Waals surface area contributed by atoms with Crippen molar-refractivity contribution in [2.24, 2.45) is 0 Å². The van der Waals surface area contributed by atoms with E-state index >= 15 is 0 Å². The van der Waals surface area contributed by atoms with Gasteiger partial charge in [0.2, 0.25) is 0 Å². The Bertz CT molecular complexity index is 1920. The zero-order valence-electron chi connectivity index (χ0n) is 20.6. The highest BCUT2D eigenvalue weighted by Gasteiger charge is 2.46. The van der Waals surface area contributed by atoms with E-state index in [1.807, 2.05) is 30.7 Å². The van der Waals surface area contributed by atoms with Crippen LogP contribution in [0.5, 0.6) is 0 Å². The van der Waals surface area contributed by atoms with Gasteiger partial charge in [-0.05, 0) is 69.8 Å². The van der Waals surface area contributed by atoms with Gasteiger partial charge in [-0.15, -0.1) is 0 Å². The van der Waals surface area contributed by atoms with Crippen LogP contribution in [0.2, 0.25) is 0 Å². The summed E-state index contributed by atoms with van der Waals surface area (Å²) in [5.74, 6) is 0. The van der Waals surface area contributed by atoms with Gasteiger partial charge < -0.3 is 4.57 Å². The third kappa shape index (κ3) is 2.73. The van der Waals surface area contributed by atoms with Crippen molar-refractivity contribution in [2.75, 3.05) is 0 Å². The van der Waals surface area contributed by atoms with Crippen LogP contribution >= 0.6 is 0 Å². The summed E-state index contributed by atoms with van der Waals surface area (Å²) in [5, 5.41) is 1.15. The third-order valence-electron chi connectivity index (χ3n) is 8.00. The molecular weight excluding hydrogens is 462 g/mol. The average Bonchev–Trinajstić information content (AvgIpc) is 3.48. The van der Waals surface area contributed by atoms with Gasteiger partial charge in [0.1, 0.15) is 0 Å². The van der Waals surface area contributed by atoms with E-state index in [1.54, 1.807) is 0 Å².